The number of aliphatic hydroxyl groups excluding tert-OH is 2. The fourth-order valence-electron chi connectivity index (χ4n) is 2.66. The van der Waals surface area contributed by atoms with Gasteiger partial charge in [0.2, 0.25) is 0 Å². The maximum atomic E-state index is 9.52. The minimum Gasteiger partial charge on any atom is -0.394 e. The Labute approximate surface area is 99.5 Å². The Balaban J connectivity index is 2.41. The molecular weight excluding hydrogens is 202 g/mol. The van der Waals surface area contributed by atoms with Crippen LogP contribution in [0, 0.1) is 0 Å². The predicted molar refractivity (Wildman–Crippen MR) is 66.4 cm³/mol. The second-order valence-corrected chi connectivity index (χ2v) is 4.92. The maximum Gasteiger partial charge on any atom is 0.0897 e. The van der Waals surface area contributed by atoms with Crippen LogP contribution in [0.4, 0.5) is 0 Å². The largest absolute Gasteiger partial charge is 0.394 e. The molecule has 1 saturated carbocycles. The number of rotatable bonds is 5. The molecule has 0 spiro atoms. The number of likely N-dealkylation sites (N-methyl/N-ethyl adjacent to an activating group) is 1. The van der Waals surface area contributed by atoms with E-state index in [0.29, 0.717) is 12.6 Å². The van der Waals surface area contributed by atoms with Crippen LogP contribution in [0.3, 0.4) is 0 Å². The molecule has 1 unspecified atom stereocenters. The zero-order valence-corrected chi connectivity index (χ0v) is 10.6. The third-order valence-electron chi connectivity index (χ3n) is 3.65. The lowest BCUT2D eigenvalue weighted by atomic mass is 9.95. The molecule has 1 aliphatic carbocycles. The molecule has 1 rings (SSSR count). The third-order valence-corrected chi connectivity index (χ3v) is 3.65. The molecule has 1 aliphatic rings. The molecule has 0 aromatic carbocycles. The van der Waals surface area contributed by atoms with Crippen LogP contribution < -0.4 is 0 Å². The average Bonchev–Trinajstić information content (AvgIpc) is 2.26. The Bertz CT molecular complexity index is 167. The van der Waals surface area contributed by atoms with Gasteiger partial charge in [0.15, 0.2) is 0 Å². The van der Waals surface area contributed by atoms with Gasteiger partial charge in [-0.15, -0.1) is 0 Å². The van der Waals surface area contributed by atoms with Crippen molar-refractivity contribution >= 4 is 0 Å². The van der Waals surface area contributed by atoms with E-state index in [1.54, 1.807) is 0 Å². The Morgan fingerprint density at radius 2 is 1.69 bits per heavy atom. The van der Waals surface area contributed by atoms with Crippen molar-refractivity contribution in [2.45, 2.75) is 64.0 Å². The van der Waals surface area contributed by atoms with Gasteiger partial charge < -0.3 is 10.2 Å². The van der Waals surface area contributed by atoms with Gasteiger partial charge in [-0.3, -0.25) is 4.90 Å². The first-order chi connectivity index (χ1) is 7.77. The minimum atomic E-state index is -0.578. The summed E-state index contributed by atoms with van der Waals surface area (Å²) in [6.07, 6.45) is 8.67. The van der Waals surface area contributed by atoms with E-state index in [9.17, 15) is 5.11 Å². The van der Waals surface area contributed by atoms with Gasteiger partial charge in [0.05, 0.1) is 12.7 Å². The van der Waals surface area contributed by atoms with Gasteiger partial charge in [-0.1, -0.05) is 39.0 Å². The molecule has 16 heavy (non-hydrogen) atoms. The minimum absolute atomic E-state index is 0.122. The molecule has 3 nitrogen and oxygen atoms in total. The molecule has 0 bridgehead atoms. The molecule has 0 saturated heterocycles. The standard InChI is InChI=1S/C13H27NO2/c1-2-14(10-13(16)11-15)12-8-6-4-3-5-7-9-12/h12-13,15-16H,2-11H2,1H3. The lowest BCUT2D eigenvalue weighted by Crippen LogP contribution is -2.41. The summed E-state index contributed by atoms with van der Waals surface area (Å²) >= 11 is 0. The molecule has 1 fully saturated rings. The first kappa shape index (κ1) is 13.9. The first-order valence-corrected chi connectivity index (χ1v) is 6.81. The van der Waals surface area contributed by atoms with Gasteiger partial charge >= 0.3 is 0 Å². The van der Waals surface area contributed by atoms with Crippen molar-refractivity contribution in [3.05, 3.63) is 0 Å². The van der Waals surface area contributed by atoms with Crippen LogP contribution in [-0.4, -0.2) is 47.0 Å². The van der Waals surface area contributed by atoms with E-state index in [1.807, 2.05) is 0 Å². The second kappa shape index (κ2) is 8.04. The molecular formula is C13H27NO2. The van der Waals surface area contributed by atoms with E-state index in [1.165, 1.54) is 44.9 Å². The van der Waals surface area contributed by atoms with Crippen LogP contribution in [0.15, 0.2) is 0 Å². The monoisotopic (exact) mass is 229 g/mol. The van der Waals surface area contributed by atoms with Crippen molar-refractivity contribution in [2.75, 3.05) is 19.7 Å². The molecule has 0 heterocycles. The van der Waals surface area contributed by atoms with Crippen LogP contribution >= 0.6 is 0 Å². The molecule has 96 valence electrons. The number of nitrogens with zero attached hydrogens (tertiary/aromatic N) is 1. The Morgan fingerprint density at radius 1 is 1.12 bits per heavy atom. The summed E-state index contributed by atoms with van der Waals surface area (Å²) in [5.41, 5.74) is 0. The fourth-order valence-corrected chi connectivity index (χ4v) is 2.66. The Hall–Kier alpha value is -0.120. The van der Waals surface area contributed by atoms with Crippen molar-refractivity contribution in [2.24, 2.45) is 0 Å². The van der Waals surface area contributed by atoms with Gasteiger partial charge in [0.25, 0.3) is 0 Å². The highest BCUT2D eigenvalue weighted by atomic mass is 16.3. The summed E-state index contributed by atoms with van der Waals surface area (Å²) in [6.45, 7) is 3.62. The van der Waals surface area contributed by atoms with E-state index in [-0.39, 0.29) is 6.61 Å². The van der Waals surface area contributed by atoms with Crippen molar-refractivity contribution in [3.8, 4) is 0 Å². The van der Waals surface area contributed by atoms with Gasteiger partial charge in [0, 0.05) is 12.6 Å². The normalized spacial score (nSPS) is 21.8. The van der Waals surface area contributed by atoms with Crippen molar-refractivity contribution < 1.29 is 10.2 Å². The van der Waals surface area contributed by atoms with Crippen LogP contribution in [0.25, 0.3) is 0 Å². The van der Waals surface area contributed by atoms with Crippen LogP contribution in [0.2, 0.25) is 0 Å². The lowest BCUT2D eigenvalue weighted by Gasteiger charge is -2.33. The van der Waals surface area contributed by atoms with Gasteiger partial charge in [-0.25, -0.2) is 0 Å². The highest BCUT2D eigenvalue weighted by molar-refractivity contribution is 4.75. The molecule has 1 atom stereocenters. The summed E-state index contributed by atoms with van der Waals surface area (Å²) in [7, 11) is 0. The van der Waals surface area contributed by atoms with E-state index in [4.69, 9.17) is 5.11 Å². The Morgan fingerprint density at radius 3 is 2.19 bits per heavy atom. The summed E-state index contributed by atoms with van der Waals surface area (Å²) in [5.74, 6) is 0. The van der Waals surface area contributed by atoms with Crippen LogP contribution in [0.5, 0.6) is 0 Å². The van der Waals surface area contributed by atoms with E-state index < -0.39 is 6.10 Å². The summed E-state index contributed by atoms with van der Waals surface area (Å²) < 4.78 is 0. The van der Waals surface area contributed by atoms with Crippen LogP contribution in [-0.2, 0) is 0 Å². The van der Waals surface area contributed by atoms with Crippen molar-refractivity contribution in [1.29, 1.82) is 0 Å². The average molecular weight is 229 g/mol. The van der Waals surface area contributed by atoms with E-state index in [2.05, 4.69) is 11.8 Å². The maximum absolute atomic E-state index is 9.52. The molecule has 0 amide bonds. The second-order valence-electron chi connectivity index (χ2n) is 4.92. The fraction of sp³-hybridized carbons (Fsp3) is 1.00. The predicted octanol–water partition coefficient (Wildman–Crippen LogP) is 1.77. The third kappa shape index (κ3) is 4.81. The van der Waals surface area contributed by atoms with E-state index in [0.717, 1.165) is 6.54 Å². The lowest BCUT2D eigenvalue weighted by molar-refractivity contribution is 0.0414. The molecule has 0 aliphatic heterocycles. The molecule has 2 N–H and O–H groups in total. The highest BCUT2D eigenvalue weighted by Gasteiger charge is 2.20. The highest BCUT2D eigenvalue weighted by Crippen LogP contribution is 2.21. The quantitative estimate of drug-likeness (QED) is 0.755. The van der Waals surface area contributed by atoms with E-state index >= 15 is 0 Å². The van der Waals surface area contributed by atoms with Crippen molar-refractivity contribution in [1.82, 2.24) is 4.90 Å². The van der Waals surface area contributed by atoms with Gasteiger partial charge in [0.1, 0.15) is 0 Å². The summed E-state index contributed by atoms with van der Waals surface area (Å²) in [4.78, 5) is 2.34. The van der Waals surface area contributed by atoms with Crippen LogP contribution in [0.1, 0.15) is 51.9 Å². The number of hydrogen-bond acceptors (Lipinski definition) is 3. The summed E-state index contributed by atoms with van der Waals surface area (Å²) in [6, 6.07) is 0.617. The smallest absolute Gasteiger partial charge is 0.0897 e. The molecule has 0 aromatic heterocycles. The van der Waals surface area contributed by atoms with Gasteiger partial charge in [-0.2, -0.15) is 0 Å². The summed E-state index contributed by atoms with van der Waals surface area (Å²) in [5, 5.41) is 18.4. The zero-order chi connectivity index (χ0) is 11.8. The molecule has 0 aromatic rings. The first-order valence-electron chi connectivity index (χ1n) is 6.81. The number of hydrogen-bond donors (Lipinski definition) is 2. The van der Waals surface area contributed by atoms with Gasteiger partial charge in [-0.05, 0) is 19.4 Å². The molecule has 3 heteroatoms. The van der Waals surface area contributed by atoms with Crippen molar-refractivity contribution in [3.63, 3.8) is 0 Å². The SMILES string of the molecule is CCN(CC(O)CO)C1CCCCCCC1. The zero-order valence-electron chi connectivity index (χ0n) is 10.6. The topological polar surface area (TPSA) is 43.7 Å². The number of aliphatic hydroxyl groups is 2. The molecule has 0 radical (unpaired) electrons. The Kier molecular flexibility index (Phi) is 7.01.